The second-order valence-electron chi connectivity index (χ2n) is 14.6. The molecule has 2 unspecified atom stereocenters. The molecule has 57 heavy (non-hydrogen) atoms. The SMILES string of the molecule is CC/C=C/C/C=C/C/C=C/C/C=C/CCCCC(=O)O[C@H](COC(=O)CCCCCCC/C=C/CCCCCCC)CO[C@H]1O[C@H](CS(=O)(=O)O)[C@@H](O)C(O)C1O. The molecule has 0 aliphatic carbocycles. The molecule has 0 aromatic rings. The molecule has 1 heterocycles. The Morgan fingerprint density at radius 2 is 1.11 bits per heavy atom. The van der Waals surface area contributed by atoms with Gasteiger partial charge in [0.15, 0.2) is 12.4 Å². The van der Waals surface area contributed by atoms with E-state index in [1.54, 1.807) is 0 Å². The van der Waals surface area contributed by atoms with Gasteiger partial charge in [0.25, 0.3) is 10.1 Å². The molecule has 1 aliphatic heterocycles. The fraction of sp³-hybridized carbons (Fsp3) is 0.727. The third-order valence-electron chi connectivity index (χ3n) is 9.33. The topological polar surface area (TPSA) is 186 Å². The lowest BCUT2D eigenvalue weighted by Crippen LogP contribution is -2.60. The van der Waals surface area contributed by atoms with Crippen LogP contribution in [0.25, 0.3) is 0 Å². The predicted molar refractivity (Wildman–Crippen MR) is 224 cm³/mol. The van der Waals surface area contributed by atoms with E-state index in [4.69, 9.17) is 18.9 Å². The summed E-state index contributed by atoms with van der Waals surface area (Å²) in [5, 5.41) is 30.8. The fourth-order valence-corrected chi connectivity index (χ4v) is 6.70. The Bertz CT molecular complexity index is 1290. The van der Waals surface area contributed by atoms with Gasteiger partial charge in [0, 0.05) is 12.8 Å². The van der Waals surface area contributed by atoms with Crippen molar-refractivity contribution in [2.24, 2.45) is 0 Å². The van der Waals surface area contributed by atoms with E-state index in [0.29, 0.717) is 12.8 Å². The van der Waals surface area contributed by atoms with Crippen molar-refractivity contribution in [2.45, 2.75) is 185 Å². The molecule has 6 atom stereocenters. The normalized spacial score (nSPS) is 21.1. The van der Waals surface area contributed by atoms with Crippen molar-refractivity contribution in [3.8, 4) is 0 Å². The maximum atomic E-state index is 12.8. The number of ether oxygens (including phenoxy) is 4. The van der Waals surface area contributed by atoms with Crippen molar-refractivity contribution in [1.82, 2.24) is 0 Å². The first kappa shape index (κ1) is 52.4. The van der Waals surface area contributed by atoms with Crippen LogP contribution in [0.3, 0.4) is 0 Å². The number of unbranched alkanes of at least 4 members (excludes halogenated alkanes) is 12. The highest BCUT2D eigenvalue weighted by Crippen LogP contribution is 2.24. The van der Waals surface area contributed by atoms with Gasteiger partial charge in [-0.25, -0.2) is 0 Å². The molecule has 13 heteroatoms. The van der Waals surface area contributed by atoms with E-state index in [-0.39, 0.29) is 19.4 Å². The highest BCUT2D eigenvalue weighted by atomic mass is 32.2. The van der Waals surface area contributed by atoms with Crippen LogP contribution >= 0.6 is 0 Å². The van der Waals surface area contributed by atoms with Gasteiger partial charge in [-0.15, -0.1) is 0 Å². The first-order valence-electron chi connectivity index (χ1n) is 21.3. The van der Waals surface area contributed by atoms with Crippen LogP contribution < -0.4 is 0 Å². The second kappa shape index (κ2) is 34.2. The summed E-state index contributed by atoms with van der Waals surface area (Å²) in [5.74, 6) is -2.06. The molecule has 4 N–H and O–H groups in total. The number of carbonyl (C=O) groups excluding carboxylic acids is 2. The van der Waals surface area contributed by atoms with Crippen molar-refractivity contribution < 1.29 is 56.8 Å². The Labute approximate surface area is 343 Å². The highest BCUT2D eigenvalue weighted by Gasteiger charge is 2.46. The summed E-state index contributed by atoms with van der Waals surface area (Å²) in [5.41, 5.74) is 0. The lowest BCUT2D eigenvalue weighted by molar-refractivity contribution is -0.297. The van der Waals surface area contributed by atoms with Gasteiger partial charge in [0.1, 0.15) is 36.8 Å². The number of rotatable bonds is 34. The summed E-state index contributed by atoms with van der Waals surface area (Å²) < 4.78 is 53.9. The van der Waals surface area contributed by atoms with Gasteiger partial charge in [0.05, 0.1) is 6.61 Å². The van der Waals surface area contributed by atoms with Gasteiger partial charge >= 0.3 is 11.9 Å². The van der Waals surface area contributed by atoms with Crippen LogP contribution in [-0.2, 0) is 38.7 Å². The number of hydrogen-bond donors (Lipinski definition) is 4. The van der Waals surface area contributed by atoms with Crippen molar-refractivity contribution >= 4 is 22.1 Å². The summed E-state index contributed by atoms with van der Waals surface area (Å²) in [6.07, 6.45) is 31.3. The molecule has 0 amide bonds. The average Bonchev–Trinajstić information content (AvgIpc) is 3.17. The van der Waals surface area contributed by atoms with Crippen LogP contribution in [0.5, 0.6) is 0 Å². The molecule has 328 valence electrons. The lowest BCUT2D eigenvalue weighted by Gasteiger charge is -2.40. The maximum absolute atomic E-state index is 12.8. The van der Waals surface area contributed by atoms with E-state index in [9.17, 15) is 37.9 Å². The summed E-state index contributed by atoms with van der Waals surface area (Å²) in [6, 6.07) is 0. The zero-order valence-electron chi connectivity index (χ0n) is 34.7. The van der Waals surface area contributed by atoms with Gasteiger partial charge in [0.2, 0.25) is 0 Å². The standard InChI is InChI=1S/C44H74O12S/c1-3-5-7-9-11-13-15-17-19-21-23-25-27-29-31-33-40(46)55-37(35-54-44-43(49)42(48)41(47)38(56-44)36-57(50,51)52)34-53-39(45)32-30-28-26-24-22-20-18-16-14-12-10-8-6-4-2/h5,7,11,13,16-19,23,25,37-38,41-44,47-49H,3-4,6,8-10,12,14-15,20-22,24,26-36H2,1-2H3,(H,50,51,52)/b7-5+,13-11+,18-16+,19-17+,25-23+/t37-,38-,41-,42?,43?,44+/m1/s1. The minimum atomic E-state index is -4.61. The molecule has 0 radical (unpaired) electrons. The number of aliphatic hydroxyl groups excluding tert-OH is 3. The van der Waals surface area contributed by atoms with Crippen LogP contribution in [0, 0.1) is 0 Å². The lowest BCUT2D eigenvalue weighted by atomic mass is 10.00. The molecule has 1 fully saturated rings. The van der Waals surface area contributed by atoms with Gasteiger partial charge in [-0.1, -0.05) is 120 Å². The fourth-order valence-electron chi connectivity index (χ4n) is 6.01. The average molecular weight is 827 g/mol. The van der Waals surface area contributed by atoms with Gasteiger partial charge < -0.3 is 34.3 Å². The van der Waals surface area contributed by atoms with Crippen LogP contribution in [-0.4, -0.2) is 96.0 Å². The van der Waals surface area contributed by atoms with E-state index in [2.05, 4.69) is 74.6 Å². The molecule has 12 nitrogen and oxygen atoms in total. The molecule has 1 saturated heterocycles. The smallest absolute Gasteiger partial charge is 0.306 e. The van der Waals surface area contributed by atoms with E-state index in [1.807, 2.05) is 0 Å². The Morgan fingerprint density at radius 3 is 1.70 bits per heavy atom. The van der Waals surface area contributed by atoms with Crippen molar-refractivity contribution in [3.05, 3.63) is 60.8 Å². The van der Waals surface area contributed by atoms with Gasteiger partial charge in [-0.3, -0.25) is 14.1 Å². The van der Waals surface area contributed by atoms with Crippen molar-refractivity contribution in [2.75, 3.05) is 19.0 Å². The Morgan fingerprint density at radius 1 is 0.614 bits per heavy atom. The summed E-state index contributed by atoms with van der Waals surface area (Å²) >= 11 is 0. The number of allylic oxidation sites excluding steroid dienone is 10. The zero-order chi connectivity index (χ0) is 42.0. The van der Waals surface area contributed by atoms with Gasteiger partial charge in [-0.2, -0.15) is 8.42 Å². The van der Waals surface area contributed by atoms with E-state index >= 15 is 0 Å². The highest BCUT2D eigenvalue weighted by molar-refractivity contribution is 7.85. The number of hydrogen-bond acceptors (Lipinski definition) is 11. The van der Waals surface area contributed by atoms with Crippen LogP contribution in [0.4, 0.5) is 0 Å². The molecule has 1 aliphatic rings. The monoisotopic (exact) mass is 826 g/mol. The number of aliphatic hydroxyl groups is 3. The second-order valence-corrected chi connectivity index (χ2v) is 16.1. The third kappa shape index (κ3) is 29.2. The molecular weight excluding hydrogens is 753 g/mol. The van der Waals surface area contributed by atoms with E-state index < -0.39 is 71.2 Å². The Hall–Kier alpha value is -2.65. The third-order valence-corrected chi connectivity index (χ3v) is 10.1. The molecular formula is C44H74O12S. The minimum absolute atomic E-state index is 0.108. The molecule has 0 aromatic carbocycles. The first-order valence-corrected chi connectivity index (χ1v) is 23.0. The minimum Gasteiger partial charge on any atom is -0.462 e. The van der Waals surface area contributed by atoms with E-state index in [0.717, 1.165) is 77.0 Å². The zero-order valence-corrected chi connectivity index (χ0v) is 35.5. The predicted octanol–water partition coefficient (Wildman–Crippen LogP) is 8.17. The maximum Gasteiger partial charge on any atom is 0.306 e. The largest absolute Gasteiger partial charge is 0.462 e. The number of carbonyl (C=O) groups is 2. The first-order chi connectivity index (χ1) is 27.5. The Kier molecular flexibility index (Phi) is 31.5. The summed E-state index contributed by atoms with van der Waals surface area (Å²) in [4.78, 5) is 25.3. The van der Waals surface area contributed by atoms with Crippen LogP contribution in [0.15, 0.2) is 60.8 Å². The molecule has 0 saturated carbocycles. The number of esters is 2. The quantitative estimate of drug-likeness (QED) is 0.0211. The van der Waals surface area contributed by atoms with Crippen molar-refractivity contribution in [1.29, 1.82) is 0 Å². The summed E-state index contributed by atoms with van der Waals surface area (Å²) in [6.45, 7) is 3.57. The van der Waals surface area contributed by atoms with Crippen LogP contribution in [0.2, 0.25) is 0 Å². The van der Waals surface area contributed by atoms with E-state index in [1.165, 1.54) is 32.1 Å². The van der Waals surface area contributed by atoms with Crippen LogP contribution in [0.1, 0.15) is 149 Å². The molecule has 0 bridgehead atoms. The molecule has 1 rings (SSSR count). The van der Waals surface area contributed by atoms with Crippen molar-refractivity contribution in [3.63, 3.8) is 0 Å². The summed E-state index contributed by atoms with van der Waals surface area (Å²) in [7, 11) is -4.61. The van der Waals surface area contributed by atoms with Gasteiger partial charge in [-0.05, 0) is 77.0 Å². The Balaban J connectivity index is 2.52. The molecule has 0 spiro atoms. The molecule has 0 aromatic heterocycles.